The maximum Gasteiger partial charge on any atom is 0.131 e. The van der Waals surface area contributed by atoms with Gasteiger partial charge in [-0.2, -0.15) is 0 Å². The summed E-state index contributed by atoms with van der Waals surface area (Å²) in [4.78, 5) is 8.46. The van der Waals surface area contributed by atoms with Crippen LogP contribution in [0.1, 0.15) is 5.69 Å². The molecule has 0 radical (unpaired) electrons. The van der Waals surface area contributed by atoms with Gasteiger partial charge in [0.1, 0.15) is 16.0 Å². The first-order valence-electron chi connectivity index (χ1n) is 6.26. The summed E-state index contributed by atoms with van der Waals surface area (Å²) >= 11 is 7.36. The smallest absolute Gasteiger partial charge is 0.131 e. The number of rotatable bonds is 4. The third-order valence-corrected chi connectivity index (χ3v) is 3.99. The van der Waals surface area contributed by atoms with Crippen LogP contribution in [0.25, 0.3) is 10.6 Å². The van der Waals surface area contributed by atoms with Crippen molar-refractivity contribution in [3.05, 3.63) is 64.6 Å². The van der Waals surface area contributed by atoms with E-state index < -0.39 is 0 Å². The molecule has 0 saturated heterocycles. The molecule has 0 spiro atoms. The van der Waals surface area contributed by atoms with E-state index in [1.54, 1.807) is 24.4 Å². The molecule has 0 fully saturated rings. The van der Waals surface area contributed by atoms with Crippen molar-refractivity contribution in [1.82, 2.24) is 9.97 Å². The van der Waals surface area contributed by atoms with Crippen molar-refractivity contribution in [2.75, 3.05) is 5.32 Å². The number of benzene rings is 1. The maximum atomic E-state index is 12.9. The zero-order valence-electron chi connectivity index (χ0n) is 10.9. The zero-order valence-corrected chi connectivity index (χ0v) is 12.5. The molecule has 0 aliphatic carbocycles. The SMILES string of the molecule is Fc1ccc(-c2nc(CNc3ccnc(Cl)c3)cs2)cc1. The average Bonchev–Trinajstić information content (AvgIpc) is 2.95. The maximum absolute atomic E-state index is 12.9. The third kappa shape index (κ3) is 3.56. The van der Waals surface area contributed by atoms with Gasteiger partial charge in [0.15, 0.2) is 0 Å². The molecule has 2 aromatic heterocycles. The second-order valence-electron chi connectivity index (χ2n) is 4.37. The molecule has 3 aromatic rings. The molecule has 0 atom stereocenters. The molecular formula is C15H11ClFN3S. The summed E-state index contributed by atoms with van der Waals surface area (Å²) in [6.45, 7) is 0.595. The molecule has 0 unspecified atom stereocenters. The topological polar surface area (TPSA) is 37.8 Å². The lowest BCUT2D eigenvalue weighted by atomic mass is 10.2. The molecule has 0 aliphatic heterocycles. The van der Waals surface area contributed by atoms with Gasteiger partial charge in [-0.15, -0.1) is 11.3 Å². The number of aromatic nitrogens is 2. The number of hydrogen-bond donors (Lipinski definition) is 1. The normalized spacial score (nSPS) is 10.6. The van der Waals surface area contributed by atoms with E-state index in [9.17, 15) is 4.39 Å². The minimum absolute atomic E-state index is 0.244. The van der Waals surface area contributed by atoms with Gasteiger partial charge in [-0.25, -0.2) is 14.4 Å². The van der Waals surface area contributed by atoms with E-state index in [1.807, 2.05) is 11.4 Å². The van der Waals surface area contributed by atoms with Crippen LogP contribution in [0.5, 0.6) is 0 Å². The Labute approximate surface area is 130 Å². The van der Waals surface area contributed by atoms with Crippen molar-refractivity contribution < 1.29 is 4.39 Å². The van der Waals surface area contributed by atoms with Gasteiger partial charge in [0.05, 0.1) is 12.2 Å². The monoisotopic (exact) mass is 319 g/mol. The Bertz CT molecular complexity index is 743. The van der Waals surface area contributed by atoms with Crippen LogP contribution in [0, 0.1) is 5.82 Å². The van der Waals surface area contributed by atoms with E-state index in [-0.39, 0.29) is 5.82 Å². The summed E-state index contributed by atoms with van der Waals surface area (Å²) in [7, 11) is 0. The predicted octanol–water partition coefficient (Wildman–Crippen LogP) is 4.61. The number of thiazole rings is 1. The predicted molar refractivity (Wildman–Crippen MR) is 84.1 cm³/mol. The van der Waals surface area contributed by atoms with E-state index in [0.29, 0.717) is 11.7 Å². The largest absolute Gasteiger partial charge is 0.379 e. The lowest BCUT2D eigenvalue weighted by Gasteiger charge is -2.03. The van der Waals surface area contributed by atoms with E-state index >= 15 is 0 Å². The van der Waals surface area contributed by atoms with Crippen LogP contribution in [0.4, 0.5) is 10.1 Å². The fraction of sp³-hybridized carbons (Fsp3) is 0.0667. The number of hydrogen-bond acceptors (Lipinski definition) is 4. The Morgan fingerprint density at radius 1 is 1.19 bits per heavy atom. The highest BCUT2D eigenvalue weighted by molar-refractivity contribution is 7.13. The van der Waals surface area contributed by atoms with Crippen molar-refractivity contribution >= 4 is 28.6 Å². The molecule has 3 rings (SSSR count). The van der Waals surface area contributed by atoms with Gasteiger partial charge in [-0.3, -0.25) is 0 Å². The standard InChI is InChI=1S/C15H11ClFN3S/c16-14-7-12(5-6-18-14)19-8-13-9-21-15(20-13)10-1-3-11(17)4-2-10/h1-7,9H,8H2,(H,18,19). The molecule has 2 heterocycles. The summed E-state index contributed by atoms with van der Waals surface area (Å²) in [5.41, 5.74) is 2.73. The molecule has 1 aromatic carbocycles. The van der Waals surface area contributed by atoms with Crippen LogP contribution in [-0.4, -0.2) is 9.97 Å². The molecule has 0 bridgehead atoms. The fourth-order valence-corrected chi connectivity index (χ4v) is 2.82. The van der Waals surface area contributed by atoms with Crippen molar-refractivity contribution in [3.8, 4) is 10.6 Å². The first-order chi connectivity index (χ1) is 10.2. The molecule has 106 valence electrons. The summed E-state index contributed by atoms with van der Waals surface area (Å²) in [5.74, 6) is -0.244. The Morgan fingerprint density at radius 3 is 2.76 bits per heavy atom. The van der Waals surface area contributed by atoms with E-state index in [4.69, 9.17) is 11.6 Å². The summed E-state index contributed by atoms with van der Waals surface area (Å²) in [6.07, 6.45) is 1.65. The van der Waals surface area contributed by atoms with Crippen molar-refractivity contribution in [3.63, 3.8) is 0 Å². The highest BCUT2D eigenvalue weighted by Crippen LogP contribution is 2.24. The Hall–Kier alpha value is -1.98. The van der Waals surface area contributed by atoms with Gasteiger partial charge in [-0.05, 0) is 36.4 Å². The molecular weight excluding hydrogens is 309 g/mol. The molecule has 6 heteroatoms. The highest BCUT2D eigenvalue weighted by atomic mass is 35.5. The van der Waals surface area contributed by atoms with Crippen LogP contribution in [-0.2, 0) is 6.54 Å². The van der Waals surface area contributed by atoms with Crippen LogP contribution >= 0.6 is 22.9 Å². The van der Waals surface area contributed by atoms with Crippen LogP contribution < -0.4 is 5.32 Å². The molecule has 0 saturated carbocycles. The van der Waals surface area contributed by atoms with Crippen molar-refractivity contribution in [1.29, 1.82) is 0 Å². The second-order valence-corrected chi connectivity index (χ2v) is 5.62. The Kier molecular flexibility index (Phi) is 4.13. The van der Waals surface area contributed by atoms with Gasteiger partial charge in [0.25, 0.3) is 0 Å². The second kappa shape index (κ2) is 6.20. The zero-order chi connectivity index (χ0) is 14.7. The van der Waals surface area contributed by atoms with Crippen molar-refractivity contribution in [2.45, 2.75) is 6.54 Å². The van der Waals surface area contributed by atoms with E-state index in [0.717, 1.165) is 22.0 Å². The highest BCUT2D eigenvalue weighted by Gasteiger charge is 2.05. The molecule has 0 amide bonds. The van der Waals surface area contributed by atoms with Gasteiger partial charge < -0.3 is 5.32 Å². The van der Waals surface area contributed by atoms with Crippen LogP contribution in [0.15, 0.2) is 48.0 Å². The molecule has 3 nitrogen and oxygen atoms in total. The van der Waals surface area contributed by atoms with Crippen molar-refractivity contribution in [2.24, 2.45) is 0 Å². The fourth-order valence-electron chi connectivity index (χ4n) is 1.82. The number of nitrogens with zero attached hydrogens (tertiary/aromatic N) is 2. The Balaban J connectivity index is 1.69. The minimum Gasteiger partial charge on any atom is -0.379 e. The van der Waals surface area contributed by atoms with Crippen LogP contribution in [0.2, 0.25) is 5.15 Å². The summed E-state index contributed by atoms with van der Waals surface area (Å²) in [6, 6.07) is 9.94. The molecule has 1 N–H and O–H groups in total. The number of anilines is 1. The van der Waals surface area contributed by atoms with Gasteiger partial charge in [0.2, 0.25) is 0 Å². The number of nitrogens with one attached hydrogen (secondary N) is 1. The molecule has 21 heavy (non-hydrogen) atoms. The first kappa shape index (κ1) is 14.0. The number of halogens is 2. The summed E-state index contributed by atoms with van der Waals surface area (Å²) < 4.78 is 12.9. The third-order valence-electron chi connectivity index (χ3n) is 2.84. The van der Waals surface area contributed by atoms with Gasteiger partial charge >= 0.3 is 0 Å². The average molecular weight is 320 g/mol. The van der Waals surface area contributed by atoms with E-state index in [1.165, 1.54) is 23.5 Å². The Morgan fingerprint density at radius 2 is 2.00 bits per heavy atom. The number of pyridine rings is 1. The quantitative estimate of drug-likeness (QED) is 0.714. The van der Waals surface area contributed by atoms with Gasteiger partial charge in [-0.1, -0.05) is 11.6 Å². The summed E-state index contributed by atoms with van der Waals surface area (Å²) in [5, 5.41) is 6.54. The first-order valence-corrected chi connectivity index (χ1v) is 7.52. The molecule has 0 aliphatic rings. The van der Waals surface area contributed by atoms with Gasteiger partial charge in [0, 0.05) is 22.8 Å². The van der Waals surface area contributed by atoms with Crippen LogP contribution in [0.3, 0.4) is 0 Å². The lowest BCUT2D eigenvalue weighted by molar-refractivity contribution is 0.628. The minimum atomic E-state index is -0.244. The van der Waals surface area contributed by atoms with E-state index in [2.05, 4.69) is 15.3 Å². The lowest BCUT2D eigenvalue weighted by Crippen LogP contribution is -1.99.